The van der Waals surface area contributed by atoms with E-state index in [1.54, 1.807) is 18.6 Å². The number of oxazole rings is 1. The molecule has 3 aromatic rings. The van der Waals surface area contributed by atoms with Gasteiger partial charge in [-0.2, -0.15) is 5.10 Å². The standard InChI is InChI=1S/C12H11N5OS/c1-8-6-14-10(18-8)7-17-11(15-16-12(17)19)9-2-4-13-5-3-9/h2-6H,7H2,1H3,(H,16,19). The van der Waals surface area contributed by atoms with Crippen molar-refractivity contribution in [3.63, 3.8) is 0 Å². The van der Waals surface area contributed by atoms with Crippen LogP contribution >= 0.6 is 12.2 Å². The van der Waals surface area contributed by atoms with Crippen LogP contribution in [0.15, 0.2) is 35.1 Å². The highest BCUT2D eigenvalue weighted by Crippen LogP contribution is 2.17. The van der Waals surface area contributed by atoms with Crippen LogP contribution in [0.5, 0.6) is 0 Å². The van der Waals surface area contributed by atoms with Gasteiger partial charge in [0.25, 0.3) is 0 Å². The third-order valence-corrected chi connectivity index (χ3v) is 2.97. The van der Waals surface area contributed by atoms with Gasteiger partial charge >= 0.3 is 0 Å². The van der Waals surface area contributed by atoms with Crippen LogP contribution in [0.4, 0.5) is 0 Å². The quantitative estimate of drug-likeness (QED) is 0.741. The summed E-state index contributed by atoms with van der Waals surface area (Å²) in [6.07, 6.45) is 5.12. The van der Waals surface area contributed by atoms with Crippen LogP contribution in [-0.2, 0) is 6.54 Å². The number of pyridine rings is 1. The minimum atomic E-state index is 0.445. The monoisotopic (exact) mass is 273 g/mol. The minimum absolute atomic E-state index is 0.445. The average Bonchev–Trinajstić information content (AvgIpc) is 2.99. The molecule has 3 aromatic heterocycles. The first kappa shape index (κ1) is 11.8. The molecule has 3 heterocycles. The van der Waals surface area contributed by atoms with Gasteiger partial charge in [0, 0.05) is 18.0 Å². The van der Waals surface area contributed by atoms with Crippen LogP contribution in [0, 0.1) is 11.7 Å². The summed E-state index contributed by atoms with van der Waals surface area (Å²) in [6.45, 7) is 2.30. The van der Waals surface area contributed by atoms with Crippen LogP contribution in [0.1, 0.15) is 11.7 Å². The zero-order valence-electron chi connectivity index (χ0n) is 10.2. The van der Waals surface area contributed by atoms with Gasteiger partial charge in [-0.3, -0.25) is 14.6 Å². The van der Waals surface area contributed by atoms with Crippen molar-refractivity contribution in [1.82, 2.24) is 24.7 Å². The van der Waals surface area contributed by atoms with Crippen molar-refractivity contribution < 1.29 is 4.42 Å². The van der Waals surface area contributed by atoms with Crippen molar-refractivity contribution in [2.45, 2.75) is 13.5 Å². The maximum atomic E-state index is 5.47. The average molecular weight is 273 g/mol. The van der Waals surface area contributed by atoms with Gasteiger partial charge in [0.1, 0.15) is 12.3 Å². The summed E-state index contributed by atoms with van der Waals surface area (Å²) in [6, 6.07) is 3.75. The normalized spacial score (nSPS) is 10.8. The summed E-state index contributed by atoms with van der Waals surface area (Å²) < 4.78 is 7.84. The van der Waals surface area contributed by atoms with Crippen LogP contribution in [0.3, 0.4) is 0 Å². The van der Waals surface area contributed by atoms with Crippen LogP contribution < -0.4 is 0 Å². The largest absolute Gasteiger partial charge is 0.444 e. The molecule has 0 saturated heterocycles. The van der Waals surface area contributed by atoms with Gasteiger partial charge in [-0.25, -0.2) is 4.98 Å². The summed E-state index contributed by atoms with van der Waals surface area (Å²) >= 11 is 5.24. The highest BCUT2D eigenvalue weighted by Gasteiger charge is 2.11. The van der Waals surface area contributed by atoms with E-state index in [1.807, 2.05) is 23.6 Å². The highest BCUT2D eigenvalue weighted by atomic mass is 32.1. The molecule has 0 aliphatic carbocycles. The minimum Gasteiger partial charge on any atom is -0.444 e. The molecule has 19 heavy (non-hydrogen) atoms. The van der Waals surface area contributed by atoms with E-state index in [2.05, 4.69) is 20.2 Å². The second-order valence-electron chi connectivity index (χ2n) is 4.04. The number of nitrogens with one attached hydrogen (secondary N) is 1. The molecule has 3 rings (SSSR count). The Morgan fingerprint density at radius 1 is 1.37 bits per heavy atom. The molecule has 0 spiro atoms. The topological polar surface area (TPSA) is 72.5 Å². The summed E-state index contributed by atoms with van der Waals surface area (Å²) in [5, 5.41) is 7.03. The predicted octanol–water partition coefficient (Wildman–Crippen LogP) is 2.35. The number of aryl methyl sites for hydroxylation is 1. The van der Waals surface area contributed by atoms with Gasteiger partial charge in [-0.1, -0.05) is 0 Å². The molecule has 6 nitrogen and oxygen atoms in total. The maximum Gasteiger partial charge on any atom is 0.214 e. The van der Waals surface area contributed by atoms with Crippen LogP contribution in [0.25, 0.3) is 11.4 Å². The highest BCUT2D eigenvalue weighted by molar-refractivity contribution is 7.71. The van der Waals surface area contributed by atoms with E-state index in [0.29, 0.717) is 17.2 Å². The number of hydrogen-bond acceptors (Lipinski definition) is 5. The van der Waals surface area contributed by atoms with Crippen LogP contribution in [0.2, 0.25) is 0 Å². The third kappa shape index (κ3) is 2.32. The number of H-pyrrole nitrogens is 1. The molecule has 0 aromatic carbocycles. The number of nitrogens with zero attached hydrogens (tertiary/aromatic N) is 4. The first-order valence-electron chi connectivity index (χ1n) is 5.71. The molecule has 96 valence electrons. The smallest absolute Gasteiger partial charge is 0.214 e. The Labute approximate surface area is 114 Å². The number of aromatic amines is 1. The first-order chi connectivity index (χ1) is 9.24. The van der Waals surface area contributed by atoms with Gasteiger partial charge in [-0.05, 0) is 31.3 Å². The molecule has 0 aliphatic heterocycles. The summed E-state index contributed by atoms with van der Waals surface area (Å²) in [5.74, 6) is 2.11. The predicted molar refractivity (Wildman–Crippen MR) is 71.0 cm³/mol. The van der Waals surface area contributed by atoms with Crippen molar-refractivity contribution in [2.24, 2.45) is 0 Å². The van der Waals surface area contributed by atoms with Gasteiger partial charge in [-0.15, -0.1) is 0 Å². The lowest BCUT2D eigenvalue weighted by atomic mass is 10.2. The van der Waals surface area contributed by atoms with E-state index in [0.717, 1.165) is 17.1 Å². The molecule has 0 unspecified atom stereocenters. The first-order valence-corrected chi connectivity index (χ1v) is 6.12. The molecular weight excluding hydrogens is 262 g/mol. The molecule has 0 aliphatic rings. The molecule has 1 N–H and O–H groups in total. The Bertz CT molecular complexity index is 743. The van der Waals surface area contributed by atoms with E-state index < -0.39 is 0 Å². The second-order valence-corrected chi connectivity index (χ2v) is 4.43. The van der Waals surface area contributed by atoms with E-state index in [4.69, 9.17) is 16.6 Å². The molecule has 0 radical (unpaired) electrons. The molecule has 0 saturated carbocycles. The van der Waals surface area contributed by atoms with Crippen molar-refractivity contribution in [1.29, 1.82) is 0 Å². The Kier molecular flexibility index (Phi) is 2.96. The molecule has 7 heteroatoms. The fourth-order valence-electron chi connectivity index (χ4n) is 1.80. The van der Waals surface area contributed by atoms with Gasteiger partial charge in [0.15, 0.2) is 10.6 Å². The molecule has 0 amide bonds. The zero-order chi connectivity index (χ0) is 13.2. The lowest BCUT2D eigenvalue weighted by molar-refractivity contribution is 0.457. The van der Waals surface area contributed by atoms with Gasteiger partial charge < -0.3 is 4.42 Å². The Morgan fingerprint density at radius 3 is 2.84 bits per heavy atom. The lowest BCUT2D eigenvalue weighted by Crippen LogP contribution is -2.02. The Morgan fingerprint density at radius 2 is 2.16 bits per heavy atom. The van der Waals surface area contributed by atoms with E-state index in [1.165, 1.54) is 0 Å². The van der Waals surface area contributed by atoms with Gasteiger partial charge in [0.2, 0.25) is 5.89 Å². The number of hydrogen-bond donors (Lipinski definition) is 1. The SMILES string of the molecule is Cc1cnc(Cn2c(-c3ccncc3)n[nH]c2=S)o1. The van der Waals surface area contributed by atoms with Gasteiger partial charge in [0.05, 0.1) is 6.20 Å². The lowest BCUT2D eigenvalue weighted by Gasteiger charge is -2.03. The number of aromatic nitrogens is 5. The fourth-order valence-corrected chi connectivity index (χ4v) is 1.99. The molecular formula is C12H11N5OS. The molecule has 0 fully saturated rings. The van der Waals surface area contributed by atoms with E-state index in [-0.39, 0.29) is 0 Å². The summed E-state index contributed by atoms with van der Waals surface area (Å²) in [5.41, 5.74) is 0.936. The third-order valence-electron chi connectivity index (χ3n) is 2.66. The van der Waals surface area contributed by atoms with Crippen molar-refractivity contribution in [2.75, 3.05) is 0 Å². The summed E-state index contributed by atoms with van der Waals surface area (Å²) in [7, 11) is 0. The Balaban J connectivity index is 2.02. The Hall–Kier alpha value is -2.28. The maximum absolute atomic E-state index is 5.47. The number of rotatable bonds is 3. The molecule has 0 bridgehead atoms. The van der Waals surface area contributed by atoms with Crippen LogP contribution in [-0.4, -0.2) is 24.7 Å². The van der Waals surface area contributed by atoms with E-state index in [9.17, 15) is 0 Å². The summed E-state index contributed by atoms with van der Waals surface area (Å²) in [4.78, 5) is 8.17. The van der Waals surface area contributed by atoms with Crippen molar-refractivity contribution in [3.05, 3.63) is 47.1 Å². The fraction of sp³-hybridized carbons (Fsp3) is 0.167. The van der Waals surface area contributed by atoms with Crippen molar-refractivity contribution >= 4 is 12.2 Å². The van der Waals surface area contributed by atoms with E-state index >= 15 is 0 Å². The second kappa shape index (κ2) is 4.77. The zero-order valence-corrected chi connectivity index (χ0v) is 11.0. The van der Waals surface area contributed by atoms with Crippen molar-refractivity contribution in [3.8, 4) is 11.4 Å². The molecule has 0 atom stereocenters.